The van der Waals surface area contributed by atoms with E-state index >= 15 is 0 Å². The van der Waals surface area contributed by atoms with Crippen LogP contribution in [0.2, 0.25) is 0 Å². The lowest BCUT2D eigenvalue weighted by Crippen LogP contribution is -2.42. The smallest absolute Gasteiger partial charge is 0.346 e. The van der Waals surface area contributed by atoms with Crippen molar-refractivity contribution in [2.45, 2.75) is 38.3 Å². The third-order valence-electron chi connectivity index (χ3n) is 3.43. The Balaban J connectivity index is 2.73. The molecule has 0 saturated carbocycles. The summed E-state index contributed by atoms with van der Waals surface area (Å²) >= 11 is 0. The Labute approximate surface area is 147 Å². The molecule has 0 aliphatic rings. The number of hydrogen-bond donors (Lipinski definition) is 2. The lowest BCUT2D eigenvalue weighted by Gasteiger charge is -2.16. The largest absolute Gasteiger partial charge is 0.476 e. The fourth-order valence-electron chi connectivity index (χ4n) is 2.04. The number of carbonyl (C=O) groups excluding carboxylic acids is 2. The Morgan fingerprint density at radius 2 is 1.92 bits per heavy atom. The fraction of sp³-hybridized carbons (Fsp3) is 0.500. The van der Waals surface area contributed by atoms with Crippen molar-refractivity contribution in [2.75, 3.05) is 13.7 Å². The topological polar surface area (TPSA) is 90.6 Å². The molecule has 2 atom stereocenters. The lowest BCUT2D eigenvalue weighted by molar-refractivity contribution is -0.148. The van der Waals surface area contributed by atoms with Gasteiger partial charge in [-0.15, -0.1) is 0 Å². The molecule has 6 nitrogen and oxygen atoms in total. The second-order valence-corrected chi connectivity index (χ2v) is 5.40. The van der Waals surface area contributed by atoms with E-state index in [1.165, 1.54) is 6.92 Å². The van der Waals surface area contributed by atoms with Gasteiger partial charge in [0.2, 0.25) is 12.3 Å². The van der Waals surface area contributed by atoms with Crippen molar-refractivity contribution in [1.82, 2.24) is 5.32 Å². The van der Waals surface area contributed by atoms with Crippen molar-refractivity contribution in [3.8, 4) is 5.75 Å². The van der Waals surface area contributed by atoms with Crippen LogP contribution in [0, 0.1) is 11.6 Å². The molecule has 0 bridgehead atoms. The zero-order chi connectivity index (χ0) is 19.9. The molecule has 0 heterocycles. The molecule has 0 fully saturated rings. The minimum absolute atomic E-state index is 0.223. The van der Waals surface area contributed by atoms with E-state index < -0.39 is 48.5 Å². The third kappa shape index (κ3) is 6.17. The predicted octanol–water partition coefficient (Wildman–Crippen LogP) is 1.55. The molecular formula is C16H20F4N2O4. The van der Waals surface area contributed by atoms with Crippen LogP contribution in [0.5, 0.6) is 5.75 Å². The second kappa shape index (κ2) is 9.95. The van der Waals surface area contributed by atoms with Gasteiger partial charge in [-0.1, -0.05) is 0 Å². The van der Waals surface area contributed by atoms with Crippen molar-refractivity contribution in [2.24, 2.45) is 5.73 Å². The molecule has 3 N–H and O–H groups in total. The summed E-state index contributed by atoms with van der Waals surface area (Å²) in [5, 5.41) is 2.23. The summed E-state index contributed by atoms with van der Waals surface area (Å²) in [4.78, 5) is 22.8. The van der Waals surface area contributed by atoms with E-state index in [1.807, 2.05) is 0 Å². The Hall–Kier alpha value is -2.36. The van der Waals surface area contributed by atoms with Crippen LogP contribution in [-0.2, 0) is 20.7 Å². The van der Waals surface area contributed by atoms with E-state index in [0.717, 1.165) is 19.2 Å². The number of halogens is 4. The number of nitrogens with two attached hydrogens (primary N) is 1. The van der Waals surface area contributed by atoms with E-state index in [2.05, 4.69) is 10.1 Å². The number of alkyl halides is 2. The number of benzene rings is 1. The third-order valence-corrected chi connectivity index (χ3v) is 3.43. The number of ether oxygens (including phenoxy) is 2. The maximum absolute atomic E-state index is 14.4. The predicted molar refractivity (Wildman–Crippen MR) is 83.8 cm³/mol. The quantitative estimate of drug-likeness (QED) is 0.501. The molecule has 1 unspecified atom stereocenters. The molecule has 1 aromatic carbocycles. The van der Waals surface area contributed by atoms with E-state index in [-0.39, 0.29) is 24.3 Å². The van der Waals surface area contributed by atoms with Crippen LogP contribution in [0.3, 0.4) is 0 Å². The first kappa shape index (κ1) is 21.7. The van der Waals surface area contributed by atoms with Gasteiger partial charge in [-0.2, -0.15) is 0 Å². The number of carbonyl (C=O) groups is 2. The summed E-state index contributed by atoms with van der Waals surface area (Å²) in [5.41, 5.74) is 4.89. The highest BCUT2D eigenvalue weighted by atomic mass is 19.3. The molecule has 0 aliphatic heterocycles. The first-order chi connectivity index (χ1) is 12.2. The minimum Gasteiger partial charge on any atom is -0.476 e. The van der Waals surface area contributed by atoms with Crippen molar-refractivity contribution in [3.05, 3.63) is 29.3 Å². The number of hydrogen-bond acceptors (Lipinski definition) is 5. The van der Waals surface area contributed by atoms with Gasteiger partial charge >= 0.3 is 5.97 Å². The van der Waals surface area contributed by atoms with Crippen LogP contribution in [0.25, 0.3) is 0 Å². The monoisotopic (exact) mass is 380 g/mol. The van der Waals surface area contributed by atoms with E-state index in [0.29, 0.717) is 0 Å². The van der Waals surface area contributed by atoms with Gasteiger partial charge in [-0.25, -0.2) is 22.4 Å². The molecule has 1 aromatic rings. The highest BCUT2D eigenvalue weighted by Gasteiger charge is 2.21. The number of esters is 1. The Morgan fingerprint density at radius 1 is 1.27 bits per heavy atom. The molecule has 146 valence electrons. The molecule has 10 heteroatoms. The molecule has 1 amide bonds. The number of amides is 1. The summed E-state index contributed by atoms with van der Waals surface area (Å²) in [6.07, 6.45) is -4.94. The number of methoxy groups -OCH3 is 1. The maximum Gasteiger partial charge on any atom is 0.346 e. The Morgan fingerprint density at radius 3 is 2.50 bits per heavy atom. The van der Waals surface area contributed by atoms with Gasteiger partial charge in [0.1, 0.15) is 5.82 Å². The summed E-state index contributed by atoms with van der Waals surface area (Å²) in [6, 6.07) is 0.549. The summed E-state index contributed by atoms with van der Waals surface area (Å²) in [6.45, 7) is 1.11. The van der Waals surface area contributed by atoms with Gasteiger partial charge in [-0.05, 0) is 25.5 Å². The van der Waals surface area contributed by atoms with Crippen molar-refractivity contribution < 1.29 is 36.6 Å². The fourth-order valence-corrected chi connectivity index (χ4v) is 2.04. The van der Waals surface area contributed by atoms with Crippen LogP contribution < -0.4 is 15.8 Å². The zero-order valence-corrected chi connectivity index (χ0v) is 14.2. The maximum atomic E-state index is 14.4. The summed E-state index contributed by atoms with van der Waals surface area (Å²) in [5.74, 6) is -3.87. The van der Waals surface area contributed by atoms with Gasteiger partial charge < -0.3 is 20.5 Å². The number of nitrogens with one attached hydrogen (secondary N) is 1. The Bertz CT molecular complexity index is 643. The second-order valence-electron chi connectivity index (χ2n) is 5.40. The molecule has 0 aromatic heterocycles. The van der Waals surface area contributed by atoms with Crippen molar-refractivity contribution >= 4 is 11.9 Å². The Kier molecular flexibility index (Phi) is 8.30. The van der Waals surface area contributed by atoms with Crippen molar-refractivity contribution in [1.29, 1.82) is 0 Å². The summed E-state index contributed by atoms with van der Waals surface area (Å²) < 4.78 is 62.1. The van der Waals surface area contributed by atoms with Gasteiger partial charge in [0.15, 0.2) is 17.7 Å². The molecule has 0 radical (unpaired) electrons. The molecule has 0 spiro atoms. The zero-order valence-electron chi connectivity index (χ0n) is 14.2. The molecule has 0 aliphatic carbocycles. The van der Waals surface area contributed by atoms with Crippen LogP contribution in [0.1, 0.15) is 18.9 Å². The van der Waals surface area contributed by atoms with Crippen molar-refractivity contribution in [3.63, 3.8) is 0 Å². The lowest BCUT2D eigenvalue weighted by atomic mass is 10.1. The first-order valence-electron chi connectivity index (χ1n) is 7.70. The van der Waals surface area contributed by atoms with Gasteiger partial charge in [0.25, 0.3) is 0 Å². The normalized spacial score (nSPS) is 13.2. The van der Waals surface area contributed by atoms with E-state index in [4.69, 9.17) is 10.5 Å². The highest BCUT2D eigenvalue weighted by Crippen LogP contribution is 2.24. The molecule has 1 rings (SSSR count). The summed E-state index contributed by atoms with van der Waals surface area (Å²) in [7, 11) is 1.13. The average molecular weight is 380 g/mol. The minimum atomic E-state index is -2.74. The SMILES string of the molecule is COC(=O)C(C)Oc1ccc(F)c(CCNC(=O)[C@@H](N)CC(F)F)c1F. The first-order valence-corrected chi connectivity index (χ1v) is 7.70. The van der Waals surface area contributed by atoms with Gasteiger partial charge in [-0.3, -0.25) is 4.79 Å². The van der Waals surface area contributed by atoms with Crippen LogP contribution >= 0.6 is 0 Å². The van der Waals surface area contributed by atoms with Gasteiger partial charge in [0, 0.05) is 18.5 Å². The van der Waals surface area contributed by atoms with Crippen LogP contribution in [0.15, 0.2) is 12.1 Å². The average Bonchev–Trinajstić information content (AvgIpc) is 2.58. The highest BCUT2D eigenvalue weighted by molar-refractivity contribution is 5.81. The van der Waals surface area contributed by atoms with Crippen LogP contribution in [-0.4, -0.2) is 44.1 Å². The van der Waals surface area contributed by atoms with E-state index in [9.17, 15) is 27.2 Å². The van der Waals surface area contributed by atoms with E-state index in [1.54, 1.807) is 0 Å². The number of rotatable bonds is 9. The van der Waals surface area contributed by atoms with Gasteiger partial charge in [0.05, 0.1) is 13.2 Å². The van der Waals surface area contributed by atoms with Crippen LogP contribution in [0.4, 0.5) is 17.6 Å². The standard InChI is InChI=1S/C16H20F4N2O4/c1-8(16(24)25-2)26-12-4-3-10(17)9(14(12)20)5-6-22-15(23)11(21)7-13(18)19/h3-4,8,11,13H,5-7,21H2,1-2H3,(H,22,23)/t8?,11-/m0/s1. The molecule has 26 heavy (non-hydrogen) atoms. The molecular weight excluding hydrogens is 360 g/mol. The molecule has 0 saturated heterocycles.